The maximum atomic E-state index is 3.55. The van der Waals surface area contributed by atoms with Gasteiger partial charge in [0, 0.05) is 23.5 Å². The van der Waals surface area contributed by atoms with E-state index in [-0.39, 0.29) is 0 Å². The van der Waals surface area contributed by atoms with Crippen LogP contribution < -0.4 is 5.32 Å². The van der Waals surface area contributed by atoms with Crippen LogP contribution >= 0.6 is 11.3 Å². The smallest absolute Gasteiger partial charge is 0.0467 e. The van der Waals surface area contributed by atoms with Gasteiger partial charge in [0.25, 0.3) is 0 Å². The summed E-state index contributed by atoms with van der Waals surface area (Å²) in [4.78, 5) is 4.32. The maximum absolute atomic E-state index is 3.55. The first kappa shape index (κ1) is 12.6. The van der Waals surface area contributed by atoms with Gasteiger partial charge in [-0.25, -0.2) is 0 Å². The first-order valence-corrected chi connectivity index (χ1v) is 8.06. The summed E-state index contributed by atoms with van der Waals surface area (Å²) >= 11 is 1.92. The van der Waals surface area contributed by atoms with Gasteiger partial charge in [-0.05, 0) is 49.2 Å². The van der Waals surface area contributed by atoms with Crippen molar-refractivity contribution in [2.24, 2.45) is 17.8 Å². The van der Waals surface area contributed by atoms with E-state index in [0.717, 1.165) is 17.9 Å². The molecule has 0 aliphatic carbocycles. The molecule has 0 saturated carbocycles. The Balaban J connectivity index is 1.84. The summed E-state index contributed by atoms with van der Waals surface area (Å²) in [7, 11) is 0. The van der Waals surface area contributed by atoms with Crippen LogP contribution in [0.4, 0.5) is 0 Å². The molecule has 2 fully saturated rings. The van der Waals surface area contributed by atoms with Gasteiger partial charge in [0.05, 0.1) is 0 Å². The molecule has 2 aliphatic heterocycles. The number of rotatable bonds is 3. The van der Waals surface area contributed by atoms with Crippen LogP contribution in [0.2, 0.25) is 0 Å². The van der Waals surface area contributed by atoms with E-state index in [1.807, 2.05) is 11.3 Å². The molecule has 0 radical (unpaired) electrons. The summed E-state index contributed by atoms with van der Waals surface area (Å²) in [6.07, 6.45) is 0. The molecule has 2 saturated heterocycles. The monoisotopic (exact) mass is 264 g/mol. The predicted molar refractivity (Wildman–Crippen MR) is 77.9 cm³/mol. The van der Waals surface area contributed by atoms with Crippen molar-refractivity contribution in [2.45, 2.75) is 32.9 Å². The summed E-state index contributed by atoms with van der Waals surface area (Å²) in [5, 5.41) is 5.77. The van der Waals surface area contributed by atoms with Gasteiger partial charge < -0.3 is 5.32 Å². The molecule has 4 unspecified atom stereocenters. The molecule has 100 valence electrons. The summed E-state index contributed by atoms with van der Waals surface area (Å²) < 4.78 is 0. The fourth-order valence-corrected chi connectivity index (χ4v) is 4.92. The largest absolute Gasteiger partial charge is 0.316 e. The van der Waals surface area contributed by atoms with Crippen LogP contribution in [-0.2, 0) is 0 Å². The zero-order valence-corrected chi connectivity index (χ0v) is 12.4. The zero-order chi connectivity index (χ0) is 12.7. The normalized spacial score (nSPS) is 34.1. The molecular weight excluding hydrogens is 240 g/mol. The van der Waals surface area contributed by atoms with E-state index in [2.05, 4.69) is 48.5 Å². The third kappa shape index (κ3) is 2.02. The van der Waals surface area contributed by atoms with E-state index in [0.29, 0.717) is 12.0 Å². The van der Waals surface area contributed by atoms with Gasteiger partial charge in [-0.1, -0.05) is 19.9 Å². The molecule has 18 heavy (non-hydrogen) atoms. The molecule has 3 heteroatoms. The highest BCUT2D eigenvalue weighted by Gasteiger charge is 2.45. The molecule has 3 heterocycles. The van der Waals surface area contributed by atoms with E-state index < -0.39 is 0 Å². The fourth-order valence-electron chi connectivity index (χ4n) is 3.90. The molecule has 1 aromatic rings. The highest BCUT2D eigenvalue weighted by Crippen LogP contribution is 2.41. The minimum atomic E-state index is 0.616. The van der Waals surface area contributed by atoms with Crippen molar-refractivity contribution in [3.05, 3.63) is 22.4 Å². The van der Waals surface area contributed by atoms with Crippen LogP contribution in [0.25, 0.3) is 0 Å². The second-order valence-corrected chi connectivity index (χ2v) is 7.20. The van der Waals surface area contributed by atoms with E-state index >= 15 is 0 Å². The first-order chi connectivity index (χ1) is 8.68. The van der Waals surface area contributed by atoms with Crippen LogP contribution in [0.1, 0.15) is 31.7 Å². The van der Waals surface area contributed by atoms with Gasteiger partial charge in [0.2, 0.25) is 0 Å². The Morgan fingerprint density at radius 2 is 2.22 bits per heavy atom. The van der Waals surface area contributed by atoms with Crippen molar-refractivity contribution in [1.82, 2.24) is 10.2 Å². The Kier molecular flexibility index (Phi) is 3.48. The van der Waals surface area contributed by atoms with Crippen LogP contribution in [-0.4, -0.2) is 30.6 Å². The topological polar surface area (TPSA) is 15.3 Å². The molecule has 2 nitrogen and oxygen atoms in total. The average molecular weight is 264 g/mol. The average Bonchev–Trinajstić information content (AvgIpc) is 3.00. The van der Waals surface area contributed by atoms with Gasteiger partial charge in [0.15, 0.2) is 0 Å². The van der Waals surface area contributed by atoms with Crippen LogP contribution in [0.5, 0.6) is 0 Å². The molecule has 3 rings (SSSR count). The Labute approximate surface area is 114 Å². The van der Waals surface area contributed by atoms with Crippen molar-refractivity contribution < 1.29 is 0 Å². The van der Waals surface area contributed by atoms with Crippen LogP contribution in [0.3, 0.4) is 0 Å². The maximum Gasteiger partial charge on any atom is 0.0467 e. The van der Waals surface area contributed by atoms with Gasteiger partial charge in [0.1, 0.15) is 0 Å². The highest BCUT2D eigenvalue weighted by atomic mass is 32.1. The molecule has 2 aliphatic rings. The van der Waals surface area contributed by atoms with E-state index in [4.69, 9.17) is 0 Å². The highest BCUT2D eigenvalue weighted by molar-refractivity contribution is 7.10. The minimum absolute atomic E-state index is 0.616. The van der Waals surface area contributed by atoms with Crippen molar-refractivity contribution in [3.63, 3.8) is 0 Å². The molecule has 4 atom stereocenters. The molecule has 0 bridgehead atoms. The molecule has 0 amide bonds. The van der Waals surface area contributed by atoms with Gasteiger partial charge >= 0.3 is 0 Å². The van der Waals surface area contributed by atoms with Crippen molar-refractivity contribution in [2.75, 3.05) is 19.6 Å². The third-order valence-corrected chi connectivity index (χ3v) is 5.75. The van der Waals surface area contributed by atoms with Gasteiger partial charge in [-0.15, -0.1) is 11.3 Å². The summed E-state index contributed by atoms with van der Waals surface area (Å²) in [6, 6.07) is 5.84. The quantitative estimate of drug-likeness (QED) is 0.903. The summed E-state index contributed by atoms with van der Waals surface area (Å²) in [5.41, 5.74) is 0. The lowest BCUT2D eigenvalue weighted by Crippen LogP contribution is -2.38. The van der Waals surface area contributed by atoms with Crippen LogP contribution in [0, 0.1) is 17.8 Å². The lowest BCUT2D eigenvalue weighted by Gasteiger charge is -2.35. The first-order valence-electron chi connectivity index (χ1n) is 7.18. The SMILES string of the molecule is CC(C)C(c1cccs1)N1CC2CNCC2C1C. The lowest BCUT2D eigenvalue weighted by molar-refractivity contribution is 0.135. The Morgan fingerprint density at radius 3 is 2.83 bits per heavy atom. The van der Waals surface area contributed by atoms with Crippen molar-refractivity contribution in [3.8, 4) is 0 Å². The molecule has 0 aromatic carbocycles. The number of likely N-dealkylation sites (tertiary alicyclic amines) is 1. The van der Waals surface area contributed by atoms with Gasteiger partial charge in [-0.2, -0.15) is 0 Å². The van der Waals surface area contributed by atoms with Crippen molar-refractivity contribution >= 4 is 11.3 Å². The Bertz CT molecular complexity index is 387. The Morgan fingerprint density at radius 1 is 1.39 bits per heavy atom. The number of nitrogens with one attached hydrogen (secondary N) is 1. The number of fused-ring (bicyclic) bond motifs is 1. The third-order valence-electron chi connectivity index (χ3n) is 4.80. The number of hydrogen-bond donors (Lipinski definition) is 1. The molecule has 1 N–H and O–H groups in total. The van der Waals surface area contributed by atoms with Crippen LogP contribution in [0.15, 0.2) is 17.5 Å². The molecular formula is C15H24N2S. The minimum Gasteiger partial charge on any atom is -0.316 e. The second kappa shape index (κ2) is 4.95. The summed E-state index contributed by atoms with van der Waals surface area (Å²) in [5.74, 6) is 2.44. The fraction of sp³-hybridized carbons (Fsp3) is 0.733. The molecule has 1 aromatic heterocycles. The molecule has 0 spiro atoms. The Hall–Kier alpha value is -0.380. The zero-order valence-electron chi connectivity index (χ0n) is 11.6. The van der Waals surface area contributed by atoms with Gasteiger partial charge in [-0.3, -0.25) is 4.90 Å². The number of nitrogens with zero attached hydrogens (tertiary/aromatic N) is 1. The number of thiophene rings is 1. The predicted octanol–water partition coefficient (Wildman–Crippen LogP) is 2.98. The number of hydrogen-bond acceptors (Lipinski definition) is 3. The second-order valence-electron chi connectivity index (χ2n) is 6.22. The van der Waals surface area contributed by atoms with E-state index in [1.54, 1.807) is 4.88 Å². The summed E-state index contributed by atoms with van der Waals surface area (Å²) in [6.45, 7) is 10.9. The standard InChI is InChI=1S/C15H24N2S/c1-10(2)15(14-5-4-6-18-14)17-9-12-7-16-8-13(12)11(17)3/h4-6,10-13,15-16H,7-9H2,1-3H3. The van der Waals surface area contributed by atoms with E-state index in [9.17, 15) is 0 Å². The lowest BCUT2D eigenvalue weighted by atomic mass is 9.94. The van der Waals surface area contributed by atoms with E-state index in [1.165, 1.54) is 19.6 Å². The van der Waals surface area contributed by atoms with Crippen molar-refractivity contribution in [1.29, 1.82) is 0 Å².